The second-order valence-electron chi connectivity index (χ2n) is 11.7. The molecule has 2 aromatic carbocycles. The highest BCUT2D eigenvalue weighted by Crippen LogP contribution is 2.49. The van der Waals surface area contributed by atoms with Gasteiger partial charge in [0, 0.05) is 37.4 Å². The van der Waals surface area contributed by atoms with Crippen LogP contribution in [0, 0.1) is 24.4 Å². The lowest BCUT2D eigenvalue weighted by molar-refractivity contribution is -0.128. The molecule has 0 aliphatic carbocycles. The molecule has 2 N–H and O–H groups in total. The summed E-state index contributed by atoms with van der Waals surface area (Å²) in [6.45, 7) is 11.6. The minimum Gasteiger partial charge on any atom is -0.507 e. The number of benzene rings is 2. The molecule has 1 amide bonds. The molecular formula is C32H30ClF3N6O3. The van der Waals surface area contributed by atoms with Crippen LogP contribution in [0.4, 0.5) is 24.7 Å². The Kier molecular flexibility index (Phi) is 7.51. The number of halogens is 4. The number of rotatable bonds is 4. The van der Waals surface area contributed by atoms with Crippen LogP contribution in [0.25, 0.3) is 27.7 Å². The van der Waals surface area contributed by atoms with Crippen LogP contribution >= 0.6 is 11.6 Å². The molecule has 2 atom stereocenters. The molecule has 0 bridgehead atoms. The topological polar surface area (TPSA) is 104 Å². The number of carbonyl (C=O) groups excluding carboxylic acids is 1. The molecule has 0 spiro atoms. The van der Waals surface area contributed by atoms with Crippen LogP contribution in [0.5, 0.6) is 5.75 Å². The summed E-state index contributed by atoms with van der Waals surface area (Å²) in [6.07, 6.45) is 2.81. The largest absolute Gasteiger partial charge is 0.507 e. The van der Waals surface area contributed by atoms with E-state index in [0.717, 1.165) is 16.7 Å². The zero-order chi connectivity index (χ0) is 32.5. The van der Waals surface area contributed by atoms with E-state index in [0.29, 0.717) is 11.3 Å². The van der Waals surface area contributed by atoms with E-state index in [2.05, 4.69) is 21.9 Å². The van der Waals surface area contributed by atoms with Crippen molar-refractivity contribution in [1.82, 2.24) is 19.4 Å². The zero-order valence-electron chi connectivity index (χ0n) is 25.0. The Morgan fingerprint density at radius 1 is 1.18 bits per heavy atom. The van der Waals surface area contributed by atoms with Crippen LogP contribution in [-0.4, -0.2) is 62.2 Å². The first kappa shape index (κ1) is 30.4. The predicted molar refractivity (Wildman–Crippen MR) is 167 cm³/mol. The molecule has 1 fully saturated rings. The number of phenols is 1. The molecule has 0 saturated carbocycles. The maximum atomic E-state index is 17.3. The van der Waals surface area contributed by atoms with Gasteiger partial charge in [0.25, 0.3) is 0 Å². The molecule has 4 heterocycles. The number of hydrogen-bond donors (Lipinski definition) is 2. The second-order valence-corrected chi connectivity index (χ2v) is 12.0. The molecule has 234 valence electrons. The highest BCUT2D eigenvalue weighted by molar-refractivity contribution is 6.38. The number of piperazine rings is 1. The summed E-state index contributed by atoms with van der Waals surface area (Å²) >= 11 is 6.85. The van der Waals surface area contributed by atoms with Crippen molar-refractivity contribution < 1.29 is 23.1 Å². The Balaban J connectivity index is 1.78. The number of aromatic nitrogens is 3. The van der Waals surface area contributed by atoms with Crippen molar-refractivity contribution in [3.05, 3.63) is 81.3 Å². The second kappa shape index (κ2) is 11.1. The Morgan fingerprint density at radius 3 is 2.60 bits per heavy atom. The molecule has 2 unspecified atom stereocenters. The third-order valence-electron chi connectivity index (χ3n) is 8.53. The van der Waals surface area contributed by atoms with E-state index in [4.69, 9.17) is 11.6 Å². The van der Waals surface area contributed by atoms with E-state index in [1.807, 2.05) is 25.7 Å². The van der Waals surface area contributed by atoms with E-state index in [1.54, 1.807) is 24.1 Å². The molecule has 9 nitrogen and oxygen atoms in total. The highest BCUT2D eigenvalue weighted by Gasteiger charge is 2.40. The fourth-order valence-corrected chi connectivity index (χ4v) is 6.72. The van der Waals surface area contributed by atoms with E-state index >= 15 is 8.78 Å². The molecular weight excluding hydrogens is 609 g/mol. The van der Waals surface area contributed by atoms with Gasteiger partial charge in [-0.25, -0.2) is 18.0 Å². The van der Waals surface area contributed by atoms with Crippen molar-refractivity contribution in [2.24, 2.45) is 0 Å². The number of nitrogens with zero attached hydrogens (tertiary/aromatic N) is 5. The van der Waals surface area contributed by atoms with E-state index in [9.17, 15) is 19.1 Å². The summed E-state index contributed by atoms with van der Waals surface area (Å²) in [5.74, 6) is -5.09. The highest BCUT2D eigenvalue weighted by atomic mass is 35.5. The van der Waals surface area contributed by atoms with Gasteiger partial charge in [0.15, 0.2) is 17.5 Å². The van der Waals surface area contributed by atoms with Gasteiger partial charge in [-0.05, 0) is 49.6 Å². The molecule has 2 aliphatic rings. The van der Waals surface area contributed by atoms with Gasteiger partial charge in [-0.3, -0.25) is 14.3 Å². The fourth-order valence-electron chi connectivity index (χ4n) is 6.38. The average Bonchev–Trinajstić information content (AvgIpc) is 3.15. The van der Waals surface area contributed by atoms with Gasteiger partial charge >= 0.3 is 5.69 Å². The Hall–Kier alpha value is -4.58. The number of carbonyl (C=O) groups is 1. The number of anilines is 2. The summed E-state index contributed by atoms with van der Waals surface area (Å²) in [5.41, 5.74) is -1.09. The van der Waals surface area contributed by atoms with Crippen LogP contribution in [0.2, 0.25) is 5.02 Å². The van der Waals surface area contributed by atoms with Crippen LogP contribution < -0.4 is 15.9 Å². The van der Waals surface area contributed by atoms with Crippen molar-refractivity contribution >= 4 is 39.9 Å². The molecule has 2 aliphatic heterocycles. The Morgan fingerprint density at radius 2 is 1.91 bits per heavy atom. The van der Waals surface area contributed by atoms with Gasteiger partial charge in [0.05, 0.1) is 39.1 Å². The van der Waals surface area contributed by atoms with Gasteiger partial charge in [-0.1, -0.05) is 32.0 Å². The third kappa shape index (κ3) is 4.61. The normalized spacial score (nSPS) is 17.7. The number of aromatic hydroxyl groups is 1. The lowest BCUT2D eigenvalue weighted by atomic mass is 9.98. The van der Waals surface area contributed by atoms with E-state index in [1.165, 1.54) is 6.08 Å². The molecule has 2 aromatic heterocycles. The standard InChI is InChI=1S/C32H30ClF3N6O3/c1-6-20(44)40-13-17-11-38-28-23-30(26(36)22(24(28)33)21-19(43)8-7-18(34)25(21)35)42(29-15(4)9-10-37-27(29)14(2)3)32(45)39-31(23)41(17)12-16(40)5/h6-10,14,16-17,38,43H,1,11-13H2,2-5H3. The van der Waals surface area contributed by atoms with Crippen molar-refractivity contribution in [3.63, 3.8) is 0 Å². The molecule has 6 rings (SSSR count). The number of amides is 1. The SMILES string of the molecule is C=CC(=O)N1CC2CNc3c(Cl)c(-c4c(O)ccc(F)c4F)c(F)c4c3c(nc(=O)n4-c3c(C)ccnc3C(C)C)N2CC1C. The number of aryl methyl sites for hydroxylation is 1. The molecule has 0 radical (unpaired) electrons. The van der Waals surface area contributed by atoms with Gasteiger partial charge < -0.3 is 20.2 Å². The lowest BCUT2D eigenvalue weighted by Crippen LogP contribution is -2.60. The van der Waals surface area contributed by atoms with Crippen molar-refractivity contribution in [1.29, 1.82) is 0 Å². The summed E-state index contributed by atoms with van der Waals surface area (Å²) in [4.78, 5) is 39.2. The maximum Gasteiger partial charge on any atom is 0.354 e. The van der Waals surface area contributed by atoms with Gasteiger partial charge in [0.2, 0.25) is 5.91 Å². The summed E-state index contributed by atoms with van der Waals surface area (Å²) in [5, 5.41) is 13.7. The monoisotopic (exact) mass is 638 g/mol. The van der Waals surface area contributed by atoms with Crippen molar-refractivity contribution in [3.8, 4) is 22.6 Å². The number of fused-ring (bicyclic) bond motifs is 2. The van der Waals surface area contributed by atoms with Crippen molar-refractivity contribution in [2.75, 3.05) is 29.9 Å². The van der Waals surface area contributed by atoms with E-state index in [-0.39, 0.29) is 70.6 Å². The summed E-state index contributed by atoms with van der Waals surface area (Å²) < 4.78 is 48.2. The fraction of sp³-hybridized carbons (Fsp3) is 0.312. The number of phenolic OH excluding ortho intramolecular Hbond substituents is 1. The van der Waals surface area contributed by atoms with E-state index < -0.39 is 46.1 Å². The van der Waals surface area contributed by atoms with Crippen LogP contribution in [-0.2, 0) is 4.79 Å². The maximum absolute atomic E-state index is 17.3. The van der Waals surface area contributed by atoms with Gasteiger partial charge in [0.1, 0.15) is 17.1 Å². The van der Waals surface area contributed by atoms with Crippen LogP contribution in [0.1, 0.15) is 37.9 Å². The first-order valence-corrected chi connectivity index (χ1v) is 14.8. The van der Waals surface area contributed by atoms with Gasteiger partial charge in [-0.2, -0.15) is 4.98 Å². The molecule has 1 saturated heterocycles. The number of nitrogens with one attached hydrogen (secondary N) is 1. The predicted octanol–water partition coefficient (Wildman–Crippen LogP) is 5.67. The molecule has 4 aromatic rings. The minimum atomic E-state index is -1.51. The first-order valence-electron chi connectivity index (χ1n) is 14.4. The number of hydrogen-bond acceptors (Lipinski definition) is 7. The quantitative estimate of drug-likeness (QED) is 0.278. The smallest absolute Gasteiger partial charge is 0.354 e. The third-order valence-corrected chi connectivity index (χ3v) is 8.90. The zero-order valence-corrected chi connectivity index (χ0v) is 25.7. The Bertz CT molecular complexity index is 1980. The van der Waals surface area contributed by atoms with Crippen LogP contribution in [0.15, 0.2) is 41.8 Å². The Labute approximate surface area is 261 Å². The number of pyridine rings is 1. The minimum absolute atomic E-state index is 0.110. The van der Waals surface area contributed by atoms with Gasteiger partial charge in [-0.15, -0.1) is 0 Å². The summed E-state index contributed by atoms with van der Waals surface area (Å²) in [7, 11) is 0. The van der Waals surface area contributed by atoms with Crippen LogP contribution in [0.3, 0.4) is 0 Å². The lowest BCUT2D eigenvalue weighted by Gasteiger charge is -2.45. The summed E-state index contributed by atoms with van der Waals surface area (Å²) in [6, 6.07) is 2.54. The first-order chi connectivity index (χ1) is 21.4. The van der Waals surface area contributed by atoms with Crippen molar-refractivity contribution in [2.45, 2.75) is 45.7 Å². The average molecular weight is 639 g/mol. The molecule has 13 heteroatoms. The molecule has 45 heavy (non-hydrogen) atoms.